The van der Waals surface area contributed by atoms with Gasteiger partial charge in [-0.25, -0.2) is 0 Å². The predicted octanol–water partition coefficient (Wildman–Crippen LogP) is 1.11. The Kier molecular flexibility index (Phi) is 7.82. The van der Waals surface area contributed by atoms with Crippen LogP contribution in [-0.4, -0.2) is 22.8 Å². The van der Waals surface area contributed by atoms with Crippen LogP contribution in [-0.2, 0) is 34.0 Å². The highest BCUT2D eigenvalue weighted by molar-refractivity contribution is 5.87. The number of phenols is 1. The van der Waals surface area contributed by atoms with E-state index in [1.807, 2.05) is 0 Å². The standard InChI is InChI=1S/C19H23N3O4/c1-5-16(23)20-9-13-8-14(10-21-17(24)6-2)19(26)15(12(13)4)11-22-18(25)7-3/h5-8,26H,1-3,9-11H2,4H3,(H,20,23)(H,21,24)(H,22,25). The molecule has 4 N–H and O–H groups in total. The molecule has 1 rings (SSSR count). The molecular weight excluding hydrogens is 334 g/mol. The Labute approximate surface area is 152 Å². The van der Waals surface area contributed by atoms with Gasteiger partial charge in [0.15, 0.2) is 0 Å². The topological polar surface area (TPSA) is 108 Å². The lowest BCUT2D eigenvalue weighted by Gasteiger charge is -2.18. The fourth-order valence-corrected chi connectivity index (χ4v) is 2.24. The Morgan fingerprint density at radius 3 is 1.77 bits per heavy atom. The Bertz CT molecular complexity index is 705. The molecule has 0 saturated carbocycles. The summed E-state index contributed by atoms with van der Waals surface area (Å²) < 4.78 is 0. The summed E-state index contributed by atoms with van der Waals surface area (Å²) in [5.74, 6) is -1.13. The van der Waals surface area contributed by atoms with Crippen molar-refractivity contribution in [3.05, 3.63) is 66.3 Å². The second-order valence-corrected chi connectivity index (χ2v) is 5.41. The molecule has 0 spiro atoms. The van der Waals surface area contributed by atoms with Gasteiger partial charge >= 0.3 is 0 Å². The number of benzene rings is 1. The Hall–Kier alpha value is -3.35. The highest BCUT2D eigenvalue weighted by atomic mass is 16.3. The van der Waals surface area contributed by atoms with Gasteiger partial charge in [-0.1, -0.05) is 19.7 Å². The minimum Gasteiger partial charge on any atom is -0.507 e. The van der Waals surface area contributed by atoms with E-state index >= 15 is 0 Å². The maximum absolute atomic E-state index is 11.4. The van der Waals surface area contributed by atoms with Gasteiger partial charge in [0.25, 0.3) is 0 Å². The summed E-state index contributed by atoms with van der Waals surface area (Å²) in [4.78, 5) is 34.3. The second kappa shape index (κ2) is 9.83. The molecule has 26 heavy (non-hydrogen) atoms. The Morgan fingerprint density at radius 2 is 1.31 bits per heavy atom. The van der Waals surface area contributed by atoms with Crippen molar-refractivity contribution in [2.45, 2.75) is 26.6 Å². The fourth-order valence-electron chi connectivity index (χ4n) is 2.24. The van der Waals surface area contributed by atoms with E-state index < -0.39 is 0 Å². The molecule has 0 unspecified atom stereocenters. The molecule has 0 saturated heterocycles. The van der Waals surface area contributed by atoms with Crippen LogP contribution in [0.2, 0.25) is 0 Å². The lowest BCUT2D eigenvalue weighted by Crippen LogP contribution is -2.24. The zero-order valence-corrected chi connectivity index (χ0v) is 14.7. The van der Waals surface area contributed by atoms with Crippen molar-refractivity contribution in [3.63, 3.8) is 0 Å². The quantitative estimate of drug-likeness (QED) is 0.497. The lowest BCUT2D eigenvalue weighted by atomic mass is 9.96. The largest absolute Gasteiger partial charge is 0.507 e. The third-order valence-corrected chi connectivity index (χ3v) is 3.77. The van der Waals surface area contributed by atoms with Crippen LogP contribution in [0.25, 0.3) is 0 Å². The predicted molar refractivity (Wildman–Crippen MR) is 99.0 cm³/mol. The molecule has 138 valence electrons. The van der Waals surface area contributed by atoms with E-state index in [1.54, 1.807) is 13.0 Å². The molecule has 0 radical (unpaired) electrons. The van der Waals surface area contributed by atoms with Gasteiger partial charge < -0.3 is 21.1 Å². The number of nitrogens with one attached hydrogen (secondary N) is 3. The average molecular weight is 357 g/mol. The van der Waals surface area contributed by atoms with Crippen molar-refractivity contribution in [1.82, 2.24) is 16.0 Å². The molecule has 0 aliphatic carbocycles. The summed E-state index contributed by atoms with van der Waals surface area (Å²) in [7, 11) is 0. The van der Waals surface area contributed by atoms with Crippen molar-refractivity contribution in [3.8, 4) is 5.75 Å². The highest BCUT2D eigenvalue weighted by Gasteiger charge is 2.16. The van der Waals surface area contributed by atoms with Crippen molar-refractivity contribution in [2.75, 3.05) is 0 Å². The molecule has 0 aliphatic rings. The molecule has 1 aromatic carbocycles. The molecule has 0 heterocycles. The van der Waals surface area contributed by atoms with E-state index in [0.29, 0.717) is 11.1 Å². The van der Waals surface area contributed by atoms with Gasteiger partial charge in [0.05, 0.1) is 0 Å². The van der Waals surface area contributed by atoms with Gasteiger partial charge in [-0.15, -0.1) is 0 Å². The highest BCUT2D eigenvalue weighted by Crippen LogP contribution is 2.29. The fraction of sp³-hybridized carbons (Fsp3) is 0.211. The van der Waals surface area contributed by atoms with Crippen molar-refractivity contribution in [2.24, 2.45) is 0 Å². The van der Waals surface area contributed by atoms with Crippen LogP contribution in [0, 0.1) is 6.92 Å². The number of amides is 3. The molecular formula is C19H23N3O4. The van der Waals surface area contributed by atoms with Gasteiger partial charge in [0, 0.05) is 30.8 Å². The third kappa shape index (κ3) is 5.62. The summed E-state index contributed by atoms with van der Waals surface area (Å²) in [5.41, 5.74) is 2.41. The first-order valence-electron chi connectivity index (χ1n) is 7.88. The molecule has 7 nitrogen and oxygen atoms in total. The first-order valence-corrected chi connectivity index (χ1v) is 7.88. The van der Waals surface area contributed by atoms with E-state index in [0.717, 1.165) is 29.4 Å². The first kappa shape index (κ1) is 20.7. The normalized spacial score (nSPS) is 9.73. The lowest BCUT2D eigenvalue weighted by molar-refractivity contribution is -0.117. The number of rotatable bonds is 9. The van der Waals surface area contributed by atoms with E-state index in [1.165, 1.54) is 0 Å². The van der Waals surface area contributed by atoms with Crippen LogP contribution in [0.3, 0.4) is 0 Å². The number of hydrogen-bond acceptors (Lipinski definition) is 4. The van der Waals surface area contributed by atoms with Gasteiger partial charge in [-0.3, -0.25) is 14.4 Å². The number of carbonyl (C=O) groups is 3. The minimum absolute atomic E-state index is 0.0324. The van der Waals surface area contributed by atoms with E-state index in [4.69, 9.17) is 0 Å². The summed E-state index contributed by atoms with van der Waals surface area (Å²) in [5, 5.41) is 18.4. The van der Waals surface area contributed by atoms with Crippen LogP contribution in [0.4, 0.5) is 0 Å². The van der Waals surface area contributed by atoms with Crippen molar-refractivity contribution < 1.29 is 19.5 Å². The molecule has 0 bridgehead atoms. The van der Waals surface area contributed by atoms with Crippen molar-refractivity contribution in [1.29, 1.82) is 0 Å². The molecule has 1 aromatic rings. The number of carbonyl (C=O) groups excluding carboxylic acids is 3. The van der Waals surface area contributed by atoms with Gasteiger partial charge in [-0.2, -0.15) is 0 Å². The minimum atomic E-state index is -0.381. The summed E-state index contributed by atoms with van der Waals surface area (Å²) >= 11 is 0. The smallest absolute Gasteiger partial charge is 0.243 e. The van der Waals surface area contributed by atoms with E-state index in [2.05, 4.69) is 35.7 Å². The second-order valence-electron chi connectivity index (χ2n) is 5.41. The monoisotopic (exact) mass is 357 g/mol. The Balaban J connectivity index is 3.21. The summed E-state index contributed by atoms with van der Waals surface area (Å²) in [6.07, 6.45) is 3.42. The van der Waals surface area contributed by atoms with E-state index in [9.17, 15) is 19.5 Å². The third-order valence-electron chi connectivity index (χ3n) is 3.77. The molecule has 7 heteroatoms. The molecule has 0 aliphatic heterocycles. The van der Waals surface area contributed by atoms with Gasteiger partial charge in [0.1, 0.15) is 5.75 Å². The molecule has 0 aromatic heterocycles. The van der Waals surface area contributed by atoms with Crippen LogP contribution < -0.4 is 16.0 Å². The SMILES string of the molecule is C=CC(=O)NCc1cc(CNC(=O)C=C)c(O)c(CNC(=O)C=C)c1C. The number of aromatic hydroxyl groups is 1. The van der Waals surface area contributed by atoms with Gasteiger partial charge in [-0.05, 0) is 42.3 Å². The van der Waals surface area contributed by atoms with Crippen LogP contribution in [0.5, 0.6) is 5.75 Å². The maximum Gasteiger partial charge on any atom is 0.243 e. The summed E-state index contributed by atoms with van der Waals surface area (Å²) in [6.45, 7) is 12.3. The molecule has 3 amide bonds. The van der Waals surface area contributed by atoms with Crippen LogP contribution in [0.1, 0.15) is 22.3 Å². The average Bonchev–Trinajstić information content (AvgIpc) is 2.65. The zero-order chi connectivity index (χ0) is 19.7. The Morgan fingerprint density at radius 1 is 0.885 bits per heavy atom. The maximum atomic E-state index is 11.4. The van der Waals surface area contributed by atoms with Crippen LogP contribution >= 0.6 is 0 Å². The summed E-state index contributed by atoms with van der Waals surface area (Å²) in [6, 6.07) is 1.69. The zero-order valence-electron chi connectivity index (χ0n) is 14.7. The van der Waals surface area contributed by atoms with Crippen molar-refractivity contribution >= 4 is 17.7 Å². The number of phenolic OH excluding ortho intramolecular Hbond substituents is 1. The molecule has 0 fully saturated rings. The number of hydrogen-bond donors (Lipinski definition) is 4. The van der Waals surface area contributed by atoms with Gasteiger partial charge in [0.2, 0.25) is 17.7 Å². The van der Waals surface area contributed by atoms with E-state index in [-0.39, 0.29) is 43.1 Å². The molecule has 0 atom stereocenters. The first-order chi connectivity index (χ1) is 12.3. The van der Waals surface area contributed by atoms with Crippen LogP contribution in [0.15, 0.2) is 44.0 Å².